The van der Waals surface area contributed by atoms with Gasteiger partial charge in [-0.15, -0.1) is 0 Å². The van der Waals surface area contributed by atoms with Crippen LogP contribution in [0.5, 0.6) is 0 Å². The highest BCUT2D eigenvalue weighted by Gasteiger charge is 2.16. The highest BCUT2D eigenvalue weighted by atomic mass is 16.4. The van der Waals surface area contributed by atoms with Gasteiger partial charge in [0.05, 0.1) is 5.92 Å². The third-order valence-corrected chi connectivity index (χ3v) is 2.71. The van der Waals surface area contributed by atoms with Crippen molar-refractivity contribution in [1.82, 2.24) is 0 Å². The quantitative estimate of drug-likeness (QED) is 0.772. The number of rotatable bonds is 6. The van der Waals surface area contributed by atoms with Gasteiger partial charge in [-0.2, -0.15) is 0 Å². The van der Waals surface area contributed by atoms with E-state index in [0.717, 1.165) is 12.0 Å². The van der Waals surface area contributed by atoms with Gasteiger partial charge >= 0.3 is 5.97 Å². The SMILES string of the molecule is Cc1ccc(CC(CCCN)C(=O)O)cc1. The lowest BCUT2D eigenvalue weighted by atomic mass is 9.94. The van der Waals surface area contributed by atoms with E-state index in [1.54, 1.807) is 0 Å². The highest BCUT2D eigenvalue weighted by molar-refractivity contribution is 5.70. The molecule has 0 aliphatic carbocycles. The number of carbonyl (C=O) groups is 1. The van der Waals surface area contributed by atoms with Gasteiger partial charge in [0.2, 0.25) is 0 Å². The summed E-state index contributed by atoms with van der Waals surface area (Å²) in [5, 5.41) is 9.07. The number of hydrogen-bond donors (Lipinski definition) is 2. The number of benzene rings is 1. The van der Waals surface area contributed by atoms with Crippen LogP contribution in [-0.2, 0) is 11.2 Å². The Balaban J connectivity index is 2.60. The van der Waals surface area contributed by atoms with Crippen LogP contribution in [0, 0.1) is 12.8 Å². The zero-order valence-corrected chi connectivity index (χ0v) is 9.65. The van der Waals surface area contributed by atoms with E-state index >= 15 is 0 Å². The van der Waals surface area contributed by atoms with Crippen molar-refractivity contribution in [2.24, 2.45) is 11.7 Å². The molecule has 0 radical (unpaired) electrons. The van der Waals surface area contributed by atoms with E-state index in [1.165, 1.54) is 5.56 Å². The van der Waals surface area contributed by atoms with E-state index in [-0.39, 0.29) is 5.92 Å². The first-order chi connectivity index (χ1) is 7.63. The van der Waals surface area contributed by atoms with Crippen LogP contribution in [0.15, 0.2) is 24.3 Å². The summed E-state index contributed by atoms with van der Waals surface area (Å²) in [4.78, 5) is 11.0. The summed E-state index contributed by atoms with van der Waals surface area (Å²) in [7, 11) is 0. The van der Waals surface area contributed by atoms with Crippen molar-refractivity contribution in [3.8, 4) is 0 Å². The van der Waals surface area contributed by atoms with Gasteiger partial charge in [0, 0.05) is 0 Å². The molecule has 3 heteroatoms. The molecule has 1 unspecified atom stereocenters. The maximum absolute atomic E-state index is 11.0. The Bertz CT molecular complexity index is 332. The van der Waals surface area contributed by atoms with Gasteiger partial charge in [0.1, 0.15) is 0 Å². The van der Waals surface area contributed by atoms with Gasteiger partial charge in [-0.1, -0.05) is 29.8 Å². The first-order valence-corrected chi connectivity index (χ1v) is 5.62. The second-order valence-electron chi connectivity index (χ2n) is 4.16. The highest BCUT2D eigenvalue weighted by Crippen LogP contribution is 2.15. The third kappa shape index (κ3) is 4.03. The number of aryl methyl sites for hydroxylation is 1. The fraction of sp³-hybridized carbons (Fsp3) is 0.462. The molecule has 0 heterocycles. The molecule has 0 spiro atoms. The molecule has 0 bridgehead atoms. The molecule has 0 aliphatic heterocycles. The van der Waals surface area contributed by atoms with E-state index in [0.29, 0.717) is 19.4 Å². The number of carboxylic acids is 1. The topological polar surface area (TPSA) is 63.3 Å². The lowest BCUT2D eigenvalue weighted by Gasteiger charge is -2.11. The first kappa shape index (κ1) is 12.7. The molecular formula is C13H19NO2. The summed E-state index contributed by atoms with van der Waals surface area (Å²) in [5.41, 5.74) is 7.67. The molecule has 1 aromatic rings. The van der Waals surface area contributed by atoms with E-state index in [1.807, 2.05) is 31.2 Å². The van der Waals surface area contributed by atoms with Crippen molar-refractivity contribution in [1.29, 1.82) is 0 Å². The summed E-state index contributed by atoms with van der Waals surface area (Å²) >= 11 is 0. The normalized spacial score (nSPS) is 12.4. The van der Waals surface area contributed by atoms with Crippen LogP contribution < -0.4 is 5.73 Å². The Hall–Kier alpha value is -1.35. The Labute approximate surface area is 96.3 Å². The van der Waals surface area contributed by atoms with Crippen molar-refractivity contribution in [2.75, 3.05) is 6.54 Å². The minimum Gasteiger partial charge on any atom is -0.481 e. The van der Waals surface area contributed by atoms with E-state index in [4.69, 9.17) is 10.8 Å². The minimum absolute atomic E-state index is 0.314. The molecule has 1 rings (SSSR count). The summed E-state index contributed by atoms with van der Waals surface area (Å²) in [5.74, 6) is -1.04. The molecule has 0 aromatic heterocycles. The monoisotopic (exact) mass is 221 g/mol. The second-order valence-corrected chi connectivity index (χ2v) is 4.16. The Kier molecular flexibility index (Phi) is 4.99. The Morgan fingerprint density at radius 3 is 2.50 bits per heavy atom. The average Bonchev–Trinajstić information content (AvgIpc) is 2.26. The van der Waals surface area contributed by atoms with Gasteiger partial charge in [-0.25, -0.2) is 0 Å². The molecule has 3 N–H and O–H groups in total. The molecule has 0 fully saturated rings. The Morgan fingerprint density at radius 1 is 1.38 bits per heavy atom. The molecule has 1 atom stereocenters. The molecule has 3 nitrogen and oxygen atoms in total. The van der Waals surface area contributed by atoms with Gasteiger partial charge in [-0.05, 0) is 38.3 Å². The van der Waals surface area contributed by atoms with Crippen LogP contribution in [0.3, 0.4) is 0 Å². The predicted molar refractivity (Wildman–Crippen MR) is 64.3 cm³/mol. The predicted octanol–water partition coefficient (Wildman–Crippen LogP) is 1.98. The molecule has 0 saturated carbocycles. The van der Waals surface area contributed by atoms with E-state index < -0.39 is 5.97 Å². The fourth-order valence-corrected chi connectivity index (χ4v) is 1.69. The zero-order valence-electron chi connectivity index (χ0n) is 9.65. The molecule has 88 valence electrons. The molecule has 0 saturated heterocycles. The lowest BCUT2D eigenvalue weighted by Crippen LogP contribution is -2.17. The average molecular weight is 221 g/mol. The van der Waals surface area contributed by atoms with Crippen LogP contribution in [0.2, 0.25) is 0 Å². The van der Waals surface area contributed by atoms with Crippen LogP contribution in [0.4, 0.5) is 0 Å². The van der Waals surface area contributed by atoms with Gasteiger partial charge < -0.3 is 10.8 Å². The summed E-state index contributed by atoms with van der Waals surface area (Å²) in [6.45, 7) is 2.57. The van der Waals surface area contributed by atoms with Crippen molar-refractivity contribution in [3.63, 3.8) is 0 Å². The lowest BCUT2D eigenvalue weighted by molar-refractivity contribution is -0.141. The van der Waals surface area contributed by atoms with Gasteiger partial charge in [0.15, 0.2) is 0 Å². The number of carboxylic acid groups (broad SMARTS) is 1. The zero-order chi connectivity index (χ0) is 12.0. The molecule has 0 aliphatic rings. The number of hydrogen-bond acceptors (Lipinski definition) is 2. The Morgan fingerprint density at radius 2 is 2.00 bits per heavy atom. The fourth-order valence-electron chi connectivity index (χ4n) is 1.69. The van der Waals surface area contributed by atoms with Crippen molar-refractivity contribution >= 4 is 5.97 Å². The van der Waals surface area contributed by atoms with Crippen molar-refractivity contribution < 1.29 is 9.90 Å². The molecule has 16 heavy (non-hydrogen) atoms. The summed E-state index contributed by atoms with van der Waals surface area (Å²) in [6.07, 6.45) is 2.01. The summed E-state index contributed by atoms with van der Waals surface area (Å²) in [6, 6.07) is 8.01. The largest absolute Gasteiger partial charge is 0.481 e. The summed E-state index contributed by atoms with van der Waals surface area (Å²) < 4.78 is 0. The van der Waals surface area contributed by atoms with E-state index in [9.17, 15) is 4.79 Å². The molecular weight excluding hydrogens is 202 g/mol. The minimum atomic E-state index is -0.728. The maximum Gasteiger partial charge on any atom is 0.306 e. The van der Waals surface area contributed by atoms with E-state index in [2.05, 4.69) is 0 Å². The third-order valence-electron chi connectivity index (χ3n) is 2.71. The number of nitrogens with two attached hydrogens (primary N) is 1. The van der Waals surface area contributed by atoms with Crippen LogP contribution in [0.25, 0.3) is 0 Å². The molecule has 0 amide bonds. The maximum atomic E-state index is 11.0. The van der Waals surface area contributed by atoms with Crippen LogP contribution in [-0.4, -0.2) is 17.6 Å². The van der Waals surface area contributed by atoms with Crippen LogP contribution >= 0.6 is 0 Å². The van der Waals surface area contributed by atoms with Crippen molar-refractivity contribution in [3.05, 3.63) is 35.4 Å². The molecule has 1 aromatic carbocycles. The number of aliphatic carboxylic acids is 1. The smallest absolute Gasteiger partial charge is 0.306 e. The second kappa shape index (κ2) is 6.28. The van der Waals surface area contributed by atoms with Crippen molar-refractivity contribution in [2.45, 2.75) is 26.2 Å². The van der Waals surface area contributed by atoms with Crippen LogP contribution in [0.1, 0.15) is 24.0 Å². The van der Waals surface area contributed by atoms with Gasteiger partial charge in [0.25, 0.3) is 0 Å². The van der Waals surface area contributed by atoms with Gasteiger partial charge in [-0.3, -0.25) is 4.79 Å². The standard InChI is InChI=1S/C13H19NO2/c1-10-4-6-11(7-5-10)9-12(13(15)16)3-2-8-14/h4-7,12H,2-3,8-9,14H2,1H3,(H,15,16). The first-order valence-electron chi connectivity index (χ1n) is 5.62.